The van der Waals surface area contributed by atoms with Gasteiger partial charge in [0.25, 0.3) is 5.91 Å². The topological polar surface area (TPSA) is 97.3 Å². The number of nitrogens with zero attached hydrogens (tertiary/aromatic N) is 2. The molecule has 1 aliphatic carbocycles. The molecule has 9 heteroatoms. The van der Waals surface area contributed by atoms with Gasteiger partial charge < -0.3 is 9.47 Å². The fourth-order valence-electron chi connectivity index (χ4n) is 4.10. The predicted molar refractivity (Wildman–Crippen MR) is 129 cm³/mol. The van der Waals surface area contributed by atoms with Gasteiger partial charge in [0.2, 0.25) is 10.0 Å². The first kappa shape index (κ1) is 22.6. The van der Waals surface area contributed by atoms with E-state index in [-0.39, 0.29) is 5.69 Å². The summed E-state index contributed by atoms with van der Waals surface area (Å²) in [4.78, 5) is 12.5. The van der Waals surface area contributed by atoms with Crippen molar-refractivity contribution in [2.45, 2.75) is 12.8 Å². The lowest BCUT2D eigenvalue weighted by molar-refractivity contribution is -0.119. The number of benzene rings is 3. The normalized spacial score (nSPS) is 12.8. The van der Waals surface area contributed by atoms with Crippen LogP contribution in [0.15, 0.2) is 53.6 Å². The minimum atomic E-state index is -3.74. The minimum absolute atomic E-state index is 0.279. The monoisotopic (exact) mass is 467 g/mol. The van der Waals surface area contributed by atoms with Crippen LogP contribution in [0.2, 0.25) is 0 Å². The second-order valence-corrected chi connectivity index (χ2v) is 9.66. The number of hydrazone groups is 1. The number of aryl methyl sites for hydroxylation is 2. The molecule has 0 atom stereocenters. The number of amides is 1. The Morgan fingerprint density at radius 2 is 1.79 bits per heavy atom. The molecule has 3 aromatic rings. The van der Waals surface area contributed by atoms with E-state index in [0.717, 1.165) is 34.4 Å². The van der Waals surface area contributed by atoms with Crippen LogP contribution in [-0.4, -0.2) is 47.6 Å². The molecule has 0 fully saturated rings. The lowest BCUT2D eigenvalue weighted by atomic mass is 10.0. The van der Waals surface area contributed by atoms with Crippen molar-refractivity contribution in [3.05, 3.63) is 65.2 Å². The number of hydrogen-bond acceptors (Lipinski definition) is 6. The van der Waals surface area contributed by atoms with E-state index in [0.29, 0.717) is 11.5 Å². The van der Waals surface area contributed by atoms with Crippen LogP contribution >= 0.6 is 0 Å². The van der Waals surface area contributed by atoms with Crippen molar-refractivity contribution in [1.29, 1.82) is 0 Å². The molecular formula is C24H25N3O5S. The van der Waals surface area contributed by atoms with Crippen LogP contribution in [0.5, 0.6) is 11.5 Å². The third kappa shape index (κ3) is 4.63. The molecule has 0 unspecified atom stereocenters. The van der Waals surface area contributed by atoms with Crippen molar-refractivity contribution >= 4 is 38.6 Å². The highest BCUT2D eigenvalue weighted by atomic mass is 32.2. The minimum Gasteiger partial charge on any atom is -0.493 e. The van der Waals surface area contributed by atoms with E-state index in [1.807, 2.05) is 18.2 Å². The summed E-state index contributed by atoms with van der Waals surface area (Å²) in [6, 6.07) is 14.9. The lowest BCUT2D eigenvalue weighted by Crippen LogP contribution is -2.39. The third-order valence-corrected chi connectivity index (χ3v) is 6.79. The summed E-state index contributed by atoms with van der Waals surface area (Å²) in [5, 5.41) is 6.41. The predicted octanol–water partition coefficient (Wildman–Crippen LogP) is 2.87. The number of hydrogen-bond donors (Lipinski definition) is 1. The zero-order valence-electron chi connectivity index (χ0n) is 18.7. The van der Waals surface area contributed by atoms with Crippen molar-refractivity contribution < 1.29 is 22.7 Å². The highest BCUT2D eigenvalue weighted by molar-refractivity contribution is 7.92. The Labute approximate surface area is 192 Å². The number of nitrogens with one attached hydrogen (secondary N) is 1. The molecule has 0 saturated heterocycles. The molecule has 0 aliphatic heterocycles. The van der Waals surface area contributed by atoms with Crippen molar-refractivity contribution in [1.82, 2.24) is 5.43 Å². The molecule has 4 rings (SSSR count). The molecule has 33 heavy (non-hydrogen) atoms. The zero-order chi connectivity index (χ0) is 23.6. The van der Waals surface area contributed by atoms with Gasteiger partial charge in [0.15, 0.2) is 11.5 Å². The van der Waals surface area contributed by atoms with Crippen LogP contribution in [0, 0.1) is 0 Å². The number of rotatable bonds is 8. The average Bonchev–Trinajstić information content (AvgIpc) is 3.22. The van der Waals surface area contributed by atoms with Gasteiger partial charge in [0.1, 0.15) is 6.54 Å². The Morgan fingerprint density at radius 1 is 1.06 bits per heavy atom. The molecule has 0 bridgehead atoms. The summed E-state index contributed by atoms with van der Waals surface area (Å²) in [7, 11) is -0.804. The van der Waals surface area contributed by atoms with Gasteiger partial charge in [-0.1, -0.05) is 30.3 Å². The van der Waals surface area contributed by atoms with Crippen molar-refractivity contribution in [3.63, 3.8) is 0 Å². The Kier molecular flexibility index (Phi) is 6.24. The van der Waals surface area contributed by atoms with Crippen LogP contribution < -0.4 is 19.2 Å². The number of ether oxygens (including phenoxy) is 2. The Morgan fingerprint density at radius 3 is 2.48 bits per heavy atom. The number of anilines is 1. The first-order valence-corrected chi connectivity index (χ1v) is 12.2. The first-order chi connectivity index (χ1) is 15.8. The van der Waals surface area contributed by atoms with Crippen LogP contribution in [0.3, 0.4) is 0 Å². The first-order valence-electron chi connectivity index (χ1n) is 10.4. The van der Waals surface area contributed by atoms with Gasteiger partial charge in [-0.3, -0.25) is 9.10 Å². The van der Waals surface area contributed by atoms with Gasteiger partial charge in [-0.2, -0.15) is 5.10 Å². The molecule has 0 radical (unpaired) electrons. The zero-order valence-corrected chi connectivity index (χ0v) is 19.5. The quantitative estimate of drug-likeness (QED) is 0.406. The van der Waals surface area contributed by atoms with Crippen LogP contribution in [0.4, 0.5) is 5.69 Å². The van der Waals surface area contributed by atoms with E-state index in [2.05, 4.69) is 22.7 Å². The standard InChI is InChI=1S/C24H25N3O5S/c1-31-21-12-11-19(13-22(21)32-2)27(33(3,29)30)15-23(28)26-25-14-18-10-9-17-8-7-16-5-4-6-20(18)24(16)17/h4-6,9-14H,7-8,15H2,1-3H3,(H,26,28)/b25-14-. The second-order valence-electron chi connectivity index (χ2n) is 7.76. The second kappa shape index (κ2) is 9.11. The summed E-state index contributed by atoms with van der Waals surface area (Å²) in [5.74, 6) is 0.237. The van der Waals surface area contributed by atoms with E-state index >= 15 is 0 Å². The van der Waals surface area contributed by atoms with Crippen LogP contribution in [-0.2, 0) is 27.7 Å². The molecular weight excluding hydrogens is 442 g/mol. The molecule has 0 heterocycles. The summed E-state index contributed by atoms with van der Waals surface area (Å²) < 4.78 is 36.2. The van der Waals surface area contributed by atoms with Crippen molar-refractivity contribution in [3.8, 4) is 11.5 Å². The highest BCUT2D eigenvalue weighted by Crippen LogP contribution is 2.33. The molecule has 1 aliphatic rings. The van der Waals surface area contributed by atoms with Gasteiger partial charge in [-0.05, 0) is 46.9 Å². The molecule has 3 aromatic carbocycles. The number of carbonyl (C=O) groups excluding carboxylic acids is 1. The maximum atomic E-state index is 12.5. The van der Waals surface area contributed by atoms with Gasteiger partial charge in [0, 0.05) is 11.6 Å². The molecule has 0 aromatic heterocycles. The highest BCUT2D eigenvalue weighted by Gasteiger charge is 2.22. The average molecular weight is 468 g/mol. The Balaban J connectivity index is 1.52. The van der Waals surface area contributed by atoms with E-state index in [4.69, 9.17) is 9.47 Å². The van der Waals surface area contributed by atoms with Gasteiger partial charge in [0.05, 0.1) is 32.4 Å². The molecule has 0 spiro atoms. The summed E-state index contributed by atoms with van der Waals surface area (Å²) in [6.07, 6.45) is 4.68. The van der Waals surface area contributed by atoms with Crippen LogP contribution in [0.25, 0.3) is 10.8 Å². The number of methoxy groups -OCH3 is 2. The maximum Gasteiger partial charge on any atom is 0.260 e. The summed E-state index contributed by atoms with van der Waals surface area (Å²) in [6.45, 7) is -0.435. The Hall–Kier alpha value is -3.59. The fraction of sp³-hybridized carbons (Fsp3) is 0.250. The molecule has 0 saturated carbocycles. The molecule has 1 amide bonds. The van der Waals surface area contributed by atoms with Gasteiger partial charge in [-0.25, -0.2) is 13.8 Å². The van der Waals surface area contributed by atoms with E-state index < -0.39 is 22.5 Å². The van der Waals surface area contributed by atoms with E-state index in [9.17, 15) is 13.2 Å². The van der Waals surface area contributed by atoms with Gasteiger partial charge >= 0.3 is 0 Å². The molecule has 172 valence electrons. The van der Waals surface area contributed by atoms with Crippen LogP contribution in [0.1, 0.15) is 16.7 Å². The summed E-state index contributed by atoms with van der Waals surface area (Å²) >= 11 is 0. The summed E-state index contributed by atoms with van der Waals surface area (Å²) in [5.41, 5.74) is 6.24. The van der Waals surface area contributed by atoms with E-state index in [1.165, 1.54) is 36.8 Å². The molecule has 8 nitrogen and oxygen atoms in total. The van der Waals surface area contributed by atoms with Crippen molar-refractivity contribution in [2.24, 2.45) is 5.10 Å². The number of carbonyl (C=O) groups is 1. The SMILES string of the molecule is COc1ccc(N(CC(=O)N/N=C\c2ccc3c4c(cccc24)CC3)S(C)(=O)=O)cc1OC. The number of sulfonamides is 1. The van der Waals surface area contributed by atoms with E-state index in [1.54, 1.807) is 18.3 Å². The molecule has 1 N–H and O–H groups in total. The third-order valence-electron chi connectivity index (χ3n) is 5.65. The Bertz CT molecular complexity index is 1340. The van der Waals surface area contributed by atoms with Crippen molar-refractivity contribution in [2.75, 3.05) is 31.3 Å². The smallest absolute Gasteiger partial charge is 0.260 e. The van der Waals surface area contributed by atoms with Gasteiger partial charge in [-0.15, -0.1) is 0 Å². The largest absolute Gasteiger partial charge is 0.493 e. The lowest BCUT2D eigenvalue weighted by Gasteiger charge is -2.22. The fourth-order valence-corrected chi connectivity index (χ4v) is 4.95. The maximum absolute atomic E-state index is 12.5.